The molecular weight excluding hydrogens is 288 g/mol. The van der Waals surface area contributed by atoms with Gasteiger partial charge in [0.25, 0.3) is 0 Å². The van der Waals surface area contributed by atoms with E-state index in [1.165, 1.54) is 0 Å². The molecule has 0 unspecified atom stereocenters. The van der Waals surface area contributed by atoms with Crippen molar-refractivity contribution in [2.24, 2.45) is 11.8 Å². The summed E-state index contributed by atoms with van der Waals surface area (Å²) in [6, 6.07) is 7.87. The zero-order valence-corrected chi connectivity index (χ0v) is 14.2. The highest BCUT2D eigenvalue weighted by Gasteiger charge is 2.35. The maximum absolute atomic E-state index is 6.29. The van der Waals surface area contributed by atoms with Gasteiger partial charge in [0, 0.05) is 11.5 Å². The summed E-state index contributed by atoms with van der Waals surface area (Å²) >= 11 is 0. The van der Waals surface area contributed by atoms with Gasteiger partial charge < -0.3 is 14.2 Å². The molecule has 3 nitrogen and oxygen atoms in total. The summed E-state index contributed by atoms with van der Waals surface area (Å²) in [4.78, 5) is 0. The molecule has 0 aliphatic carbocycles. The predicted octanol–water partition coefficient (Wildman–Crippen LogP) is 4.90. The molecule has 23 heavy (non-hydrogen) atoms. The second-order valence-electron chi connectivity index (χ2n) is 5.95. The molecule has 126 valence electrons. The number of hydrogen-bond donors (Lipinski definition) is 0. The summed E-state index contributed by atoms with van der Waals surface area (Å²) in [6.07, 6.45) is 6.81. The van der Waals surface area contributed by atoms with Crippen molar-refractivity contribution in [1.29, 1.82) is 0 Å². The first kappa shape index (κ1) is 17.8. The molecule has 1 aliphatic heterocycles. The molecule has 1 aromatic rings. The Morgan fingerprint density at radius 3 is 2.61 bits per heavy atom. The van der Waals surface area contributed by atoms with Crippen LogP contribution in [0, 0.1) is 11.8 Å². The van der Waals surface area contributed by atoms with Crippen LogP contribution >= 0.6 is 0 Å². The van der Waals surface area contributed by atoms with Crippen LogP contribution in [-0.4, -0.2) is 19.8 Å². The van der Waals surface area contributed by atoms with E-state index in [9.17, 15) is 0 Å². The first-order chi connectivity index (χ1) is 11.2. The van der Waals surface area contributed by atoms with Gasteiger partial charge in [0.1, 0.15) is 5.75 Å². The molecule has 0 aromatic heterocycles. The number of ether oxygens (including phenoxy) is 3. The highest BCUT2D eigenvalue weighted by Crippen LogP contribution is 2.36. The summed E-state index contributed by atoms with van der Waals surface area (Å²) in [5.74, 6) is 1.61. The van der Waals surface area contributed by atoms with Gasteiger partial charge in [0.2, 0.25) is 0 Å². The maximum Gasteiger partial charge on any atom is 0.184 e. The van der Waals surface area contributed by atoms with Crippen LogP contribution in [0.15, 0.2) is 49.6 Å². The fourth-order valence-corrected chi connectivity index (χ4v) is 3.15. The van der Waals surface area contributed by atoms with Crippen molar-refractivity contribution >= 4 is 0 Å². The number of allylic oxidation sites excluding steroid dienone is 2. The topological polar surface area (TPSA) is 27.7 Å². The van der Waals surface area contributed by atoms with Gasteiger partial charge in [-0.1, -0.05) is 31.2 Å². The Morgan fingerprint density at radius 1 is 1.30 bits per heavy atom. The molecule has 0 saturated carbocycles. The molecule has 1 aliphatic rings. The van der Waals surface area contributed by atoms with Gasteiger partial charge in [-0.2, -0.15) is 0 Å². The Balaban J connectivity index is 2.10. The van der Waals surface area contributed by atoms with E-state index in [2.05, 4.69) is 20.1 Å². The van der Waals surface area contributed by atoms with E-state index in [1.807, 2.05) is 36.4 Å². The third-order valence-corrected chi connectivity index (χ3v) is 4.58. The second-order valence-corrected chi connectivity index (χ2v) is 5.95. The third-order valence-electron chi connectivity index (χ3n) is 4.58. The molecular formula is C20H28O3. The highest BCUT2D eigenvalue weighted by atomic mass is 16.7. The molecule has 2 rings (SSSR count). The van der Waals surface area contributed by atoms with Crippen LogP contribution in [0.4, 0.5) is 0 Å². The Hall–Kier alpha value is -1.58. The van der Waals surface area contributed by atoms with Crippen LogP contribution < -0.4 is 4.74 Å². The smallest absolute Gasteiger partial charge is 0.184 e. The lowest BCUT2D eigenvalue weighted by atomic mass is 9.83. The Morgan fingerprint density at radius 2 is 2.04 bits per heavy atom. The Bertz CT molecular complexity index is 494. The van der Waals surface area contributed by atoms with Gasteiger partial charge in [-0.05, 0) is 37.3 Å². The molecule has 0 radical (unpaired) electrons. The number of hydrogen-bond acceptors (Lipinski definition) is 3. The van der Waals surface area contributed by atoms with Gasteiger partial charge in [-0.15, -0.1) is 13.2 Å². The van der Waals surface area contributed by atoms with Gasteiger partial charge in [0.05, 0.1) is 19.8 Å². The first-order valence-electron chi connectivity index (χ1n) is 8.37. The van der Waals surface area contributed by atoms with E-state index in [0.717, 1.165) is 30.6 Å². The molecule has 1 fully saturated rings. The largest absolute Gasteiger partial charge is 0.497 e. The van der Waals surface area contributed by atoms with Crippen molar-refractivity contribution in [2.45, 2.75) is 38.6 Å². The molecule has 0 amide bonds. The van der Waals surface area contributed by atoms with E-state index < -0.39 is 0 Å². The minimum Gasteiger partial charge on any atom is -0.497 e. The monoisotopic (exact) mass is 316 g/mol. The van der Waals surface area contributed by atoms with Crippen molar-refractivity contribution in [2.75, 3.05) is 13.7 Å². The number of rotatable bonds is 8. The molecule has 1 heterocycles. The maximum atomic E-state index is 6.29. The molecule has 4 atom stereocenters. The van der Waals surface area contributed by atoms with Gasteiger partial charge >= 0.3 is 0 Å². The molecule has 0 bridgehead atoms. The lowest BCUT2D eigenvalue weighted by Crippen LogP contribution is -2.39. The van der Waals surface area contributed by atoms with Crippen molar-refractivity contribution in [3.63, 3.8) is 0 Å². The van der Waals surface area contributed by atoms with E-state index in [4.69, 9.17) is 14.2 Å². The first-order valence-corrected chi connectivity index (χ1v) is 8.37. The lowest BCUT2D eigenvalue weighted by molar-refractivity contribution is -0.248. The van der Waals surface area contributed by atoms with Crippen molar-refractivity contribution in [3.8, 4) is 5.75 Å². The van der Waals surface area contributed by atoms with E-state index >= 15 is 0 Å². The van der Waals surface area contributed by atoms with Crippen LogP contribution in [0.5, 0.6) is 5.75 Å². The highest BCUT2D eigenvalue weighted by molar-refractivity contribution is 5.28. The zero-order chi connectivity index (χ0) is 16.7. The zero-order valence-electron chi connectivity index (χ0n) is 14.2. The van der Waals surface area contributed by atoms with E-state index in [0.29, 0.717) is 18.4 Å². The number of benzene rings is 1. The quantitative estimate of drug-likeness (QED) is 0.638. The Kier molecular flexibility index (Phi) is 6.87. The fourth-order valence-electron chi connectivity index (χ4n) is 3.15. The van der Waals surface area contributed by atoms with Crippen LogP contribution in [0.1, 0.15) is 38.0 Å². The lowest BCUT2D eigenvalue weighted by Gasteiger charge is -2.39. The molecule has 0 N–H and O–H groups in total. The summed E-state index contributed by atoms with van der Waals surface area (Å²) in [5, 5.41) is 0. The normalized spacial score (nSPS) is 25.6. The van der Waals surface area contributed by atoms with Gasteiger partial charge in [-0.3, -0.25) is 0 Å². The third kappa shape index (κ3) is 4.46. The molecule has 1 saturated heterocycles. The summed E-state index contributed by atoms with van der Waals surface area (Å²) < 4.78 is 17.5. The van der Waals surface area contributed by atoms with Crippen molar-refractivity contribution in [3.05, 3.63) is 55.1 Å². The minimum absolute atomic E-state index is 0.164. The van der Waals surface area contributed by atoms with Gasteiger partial charge in [0.15, 0.2) is 6.29 Å². The molecule has 0 spiro atoms. The average molecular weight is 316 g/mol. The van der Waals surface area contributed by atoms with E-state index in [1.54, 1.807) is 7.11 Å². The van der Waals surface area contributed by atoms with E-state index in [-0.39, 0.29) is 12.4 Å². The van der Waals surface area contributed by atoms with Crippen molar-refractivity contribution in [1.82, 2.24) is 0 Å². The SMILES string of the molecule is C=CCC[C@@H]1O[C@H](c2ccc(OC)cc2)OC[C@H]1[C@@H](C=C)CC. The minimum atomic E-state index is -0.311. The fraction of sp³-hybridized carbons (Fsp3) is 0.500. The van der Waals surface area contributed by atoms with Gasteiger partial charge in [-0.25, -0.2) is 0 Å². The number of methoxy groups -OCH3 is 1. The second kappa shape index (κ2) is 8.90. The standard InChI is InChI=1S/C20H28O3/c1-5-8-9-19-18(15(6-2)7-3)14-22-20(23-19)16-10-12-17(21-4)13-11-16/h5-6,10-13,15,18-20H,1-2,7-9,14H2,3-4H3/t15-,18-,19-,20+/m0/s1. The predicted molar refractivity (Wildman–Crippen MR) is 93.5 cm³/mol. The molecule has 1 aromatic carbocycles. The Labute approximate surface area is 139 Å². The molecule has 3 heteroatoms. The van der Waals surface area contributed by atoms with Crippen LogP contribution in [0.3, 0.4) is 0 Å². The summed E-state index contributed by atoms with van der Waals surface area (Å²) in [5.41, 5.74) is 1.03. The van der Waals surface area contributed by atoms with Crippen LogP contribution in [0.25, 0.3) is 0 Å². The summed E-state index contributed by atoms with van der Waals surface area (Å²) in [6.45, 7) is 10.7. The van der Waals surface area contributed by atoms with Crippen molar-refractivity contribution < 1.29 is 14.2 Å². The van der Waals surface area contributed by atoms with Crippen LogP contribution in [-0.2, 0) is 9.47 Å². The summed E-state index contributed by atoms with van der Waals surface area (Å²) in [7, 11) is 1.67. The average Bonchev–Trinajstić information content (AvgIpc) is 2.61. The van der Waals surface area contributed by atoms with Crippen LogP contribution in [0.2, 0.25) is 0 Å².